The van der Waals surface area contributed by atoms with Gasteiger partial charge in [0.05, 0.1) is 6.42 Å². The van der Waals surface area contributed by atoms with Crippen molar-refractivity contribution < 1.29 is 4.79 Å². The van der Waals surface area contributed by atoms with Crippen molar-refractivity contribution in [2.24, 2.45) is 0 Å². The van der Waals surface area contributed by atoms with Crippen molar-refractivity contribution in [3.63, 3.8) is 0 Å². The standard InChI is InChI=1S/C12H16ClNO2/c1-4-14-10(8(2)3)6-5-9(12(14)16)7-11(13)15/h5-6,8H,4,7H2,1-3H3. The zero-order valence-electron chi connectivity index (χ0n) is 9.79. The first-order valence-corrected chi connectivity index (χ1v) is 5.76. The lowest BCUT2D eigenvalue weighted by Gasteiger charge is -2.14. The molecule has 0 aliphatic heterocycles. The average molecular weight is 242 g/mol. The van der Waals surface area contributed by atoms with Gasteiger partial charge in [0.25, 0.3) is 5.56 Å². The van der Waals surface area contributed by atoms with E-state index in [-0.39, 0.29) is 17.9 Å². The number of hydrogen-bond acceptors (Lipinski definition) is 2. The Kier molecular flexibility index (Phi) is 4.30. The quantitative estimate of drug-likeness (QED) is 0.759. The van der Waals surface area contributed by atoms with Crippen LogP contribution in [0.1, 0.15) is 37.9 Å². The summed E-state index contributed by atoms with van der Waals surface area (Å²) in [5, 5.41) is -0.503. The van der Waals surface area contributed by atoms with Gasteiger partial charge in [0.1, 0.15) is 0 Å². The second-order valence-electron chi connectivity index (χ2n) is 4.02. The minimum atomic E-state index is -0.503. The molecule has 1 rings (SSSR count). The molecule has 1 aromatic rings. The molecule has 0 saturated carbocycles. The molecule has 88 valence electrons. The second-order valence-corrected chi connectivity index (χ2v) is 4.44. The molecule has 0 aromatic carbocycles. The monoisotopic (exact) mass is 241 g/mol. The first-order valence-electron chi connectivity index (χ1n) is 5.38. The van der Waals surface area contributed by atoms with Crippen molar-refractivity contribution >= 4 is 16.8 Å². The molecule has 0 spiro atoms. The van der Waals surface area contributed by atoms with Crippen LogP contribution in [0, 0.1) is 0 Å². The van der Waals surface area contributed by atoms with Gasteiger partial charge < -0.3 is 4.57 Å². The number of rotatable bonds is 4. The highest BCUT2D eigenvalue weighted by atomic mass is 35.5. The number of carbonyl (C=O) groups is 1. The molecular formula is C12H16ClNO2. The topological polar surface area (TPSA) is 39.1 Å². The van der Waals surface area contributed by atoms with Gasteiger partial charge in [-0.1, -0.05) is 19.9 Å². The van der Waals surface area contributed by atoms with Crippen LogP contribution in [0.2, 0.25) is 0 Å². The van der Waals surface area contributed by atoms with Gasteiger partial charge in [0.2, 0.25) is 5.24 Å². The minimum absolute atomic E-state index is 0.00123. The van der Waals surface area contributed by atoms with Gasteiger partial charge in [-0.15, -0.1) is 0 Å². The summed E-state index contributed by atoms with van der Waals surface area (Å²) in [6.45, 7) is 6.59. The van der Waals surface area contributed by atoms with E-state index < -0.39 is 5.24 Å². The van der Waals surface area contributed by atoms with Gasteiger partial charge in [-0.2, -0.15) is 0 Å². The summed E-state index contributed by atoms with van der Waals surface area (Å²) in [7, 11) is 0. The third-order valence-corrected chi connectivity index (χ3v) is 2.66. The highest BCUT2D eigenvalue weighted by Gasteiger charge is 2.11. The fraction of sp³-hybridized carbons (Fsp3) is 0.500. The first kappa shape index (κ1) is 13.0. The average Bonchev–Trinajstić information content (AvgIpc) is 2.19. The number of nitrogens with zero attached hydrogens (tertiary/aromatic N) is 1. The summed E-state index contributed by atoms with van der Waals surface area (Å²) in [6.07, 6.45) is -0.00123. The van der Waals surface area contributed by atoms with E-state index in [4.69, 9.17) is 11.6 Å². The Labute approximate surface area is 100 Å². The molecule has 0 radical (unpaired) electrons. The molecular weight excluding hydrogens is 226 g/mol. The van der Waals surface area contributed by atoms with E-state index in [0.29, 0.717) is 12.1 Å². The SMILES string of the molecule is CCn1c(C(C)C)ccc(CC(=O)Cl)c1=O. The number of hydrogen-bond donors (Lipinski definition) is 0. The zero-order chi connectivity index (χ0) is 12.3. The predicted molar refractivity (Wildman–Crippen MR) is 65.0 cm³/mol. The lowest BCUT2D eigenvalue weighted by Crippen LogP contribution is -2.27. The lowest BCUT2D eigenvalue weighted by molar-refractivity contribution is -0.111. The normalized spacial score (nSPS) is 10.8. The maximum Gasteiger partial charge on any atom is 0.254 e. The van der Waals surface area contributed by atoms with Gasteiger partial charge in [-0.25, -0.2) is 0 Å². The van der Waals surface area contributed by atoms with Crippen molar-refractivity contribution in [2.45, 2.75) is 39.7 Å². The highest BCUT2D eigenvalue weighted by Crippen LogP contribution is 2.13. The highest BCUT2D eigenvalue weighted by molar-refractivity contribution is 6.63. The Morgan fingerprint density at radius 1 is 1.44 bits per heavy atom. The Bertz CT molecular complexity index is 449. The van der Waals surface area contributed by atoms with E-state index in [9.17, 15) is 9.59 Å². The molecule has 0 atom stereocenters. The number of pyridine rings is 1. The maximum absolute atomic E-state index is 12.0. The molecule has 0 unspecified atom stereocenters. The first-order chi connectivity index (χ1) is 7.47. The molecule has 0 amide bonds. The molecule has 0 saturated heterocycles. The molecule has 1 heterocycles. The largest absolute Gasteiger partial charge is 0.312 e. The van der Waals surface area contributed by atoms with Crippen LogP contribution in [-0.2, 0) is 17.8 Å². The fourth-order valence-corrected chi connectivity index (χ4v) is 1.90. The van der Waals surface area contributed by atoms with E-state index in [1.54, 1.807) is 10.6 Å². The fourth-order valence-electron chi connectivity index (χ4n) is 1.75. The van der Waals surface area contributed by atoms with Crippen molar-refractivity contribution in [3.8, 4) is 0 Å². The summed E-state index contributed by atoms with van der Waals surface area (Å²) in [4.78, 5) is 22.8. The predicted octanol–water partition coefficient (Wildman–Crippen LogP) is 2.30. The van der Waals surface area contributed by atoms with E-state index in [0.717, 1.165) is 5.69 Å². The number of carbonyl (C=O) groups excluding carboxylic acids is 1. The summed E-state index contributed by atoms with van der Waals surface area (Å²) in [5.41, 5.74) is 1.34. The van der Waals surface area contributed by atoms with Crippen molar-refractivity contribution in [1.29, 1.82) is 0 Å². The van der Waals surface area contributed by atoms with Gasteiger partial charge in [-0.05, 0) is 30.5 Å². The third kappa shape index (κ3) is 2.73. The second kappa shape index (κ2) is 5.30. The van der Waals surface area contributed by atoms with Crippen molar-refractivity contribution in [1.82, 2.24) is 4.57 Å². The minimum Gasteiger partial charge on any atom is -0.312 e. The number of aromatic nitrogens is 1. The molecule has 4 heteroatoms. The molecule has 0 aliphatic carbocycles. The lowest BCUT2D eigenvalue weighted by atomic mass is 10.1. The molecule has 0 aliphatic rings. The van der Waals surface area contributed by atoms with Crippen LogP contribution in [0.3, 0.4) is 0 Å². The molecule has 0 fully saturated rings. The van der Waals surface area contributed by atoms with Crippen molar-refractivity contribution in [2.75, 3.05) is 0 Å². The zero-order valence-corrected chi connectivity index (χ0v) is 10.5. The molecule has 16 heavy (non-hydrogen) atoms. The van der Waals surface area contributed by atoms with E-state index in [2.05, 4.69) is 0 Å². The Balaban J connectivity index is 3.29. The smallest absolute Gasteiger partial charge is 0.254 e. The van der Waals surface area contributed by atoms with Gasteiger partial charge in [-0.3, -0.25) is 9.59 Å². The van der Waals surface area contributed by atoms with E-state index in [1.807, 2.05) is 26.8 Å². The van der Waals surface area contributed by atoms with E-state index >= 15 is 0 Å². The molecule has 1 aromatic heterocycles. The molecule has 0 N–H and O–H groups in total. The third-order valence-electron chi connectivity index (χ3n) is 2.52. The number of halogens is 1. The van der Waals surface area contributed by atoms with Crippen LogP contribution >= 0.6 is 11.6 Å². The Morgan fingerprint density at radius 3 is 2.50 bits per heavy atom. The summed E-state index contributed by atoms with van der Waals surface area (Å²) < 4.78 is 1.69. The van der Waals surface area contributed by atoms with Crippen LogP contribution in [0.5, 0.6) is 0 Å². The summed E-state index contributed by atoms with van der Waals surface area (Å²) in [5.74, 6) is 0.286. The van der Waals surface area contributed by atoms with Gasteiger partial charge in [0.15, 0.2) is 0 Å². The van der Waals surface area contributed by atoms with E-state index in [1.165, 1.54) is 0 Å². The van der Waals surface area contributed by atoms with Gasteiger partial charge in [0, 0.05) is 17.8 Å². The summed E-state index contributed by atoms with van der Waals surface area (Å²) >= 11 is 5.30. The summed E-state index contributed by atoms with van der Waals surface area (Å²) in [6, 6.07) is 3.59. The Hall–Kier alpha value is -1.09. The molecule has 3 nitrogen and oxygen atoms in total. The van der Waals surface area contributed by atoms with Crippen LogP contribution in [0.25, 0.3) is 0 Å². The van der Waals surface area contributed by atoms with Crippen LogP contribution < -0.4 is 5.56 Å². The molecule has 0 bridgehead atoms. The van der Waals surface area contributed by atoms with Crippen molar-refractivity contribution in [3.05, 3.63) is 33.7 Å². The Morgan fingerprint density at radius 2 is 2.06 bits per heavy atom. The van der Waals surface area contributed by atoms with Crippen LogP contribution in [0.15, 0.2) is 16.9 Å². The van der Waals surface area contributed by atoms with Gasteiger partial charge >= 0.3 is 0 Å². The van der Waals surface area contributed by atoms with Crippen LogP contribution in [0.4, 0.5) is 0 Å². The maximum atomic E-state index is 12.0. The van der Waals surface area contributed by atoms with Crippen LogP contribution in [-0.4, -0.2) is 9.81 Å².